The summed E-state index contributed by atoms with van der Waals surface area (Å²) in [7, 11) is 0. The molecule has 2 aliphatic heterocycles. The SMILES string of the molecule is NC(c1cc2c(cc1Br)OCCCO2)C1CCCCO1. The summed E-state index contributed by atoms with van der Waals surface area (Å²) in [6.45, 7) is 2.18. The molecule has 0 amide bonds. The van der Waals surface area contributed by atoms with E-state index in [0.29, 0.717) is 13.2 Å². The van der Waals surface area contributed by atoms with Crippen molar-refractivity contribution in [2.24, 2.45) is 5.73 Å². The number of fused-ring (bicyclic) bond motifs is 1. The molecule has 5 heteroatoms. The van der Waals surface area contributed by atoms with Crippen molar-refractivity contribution in [1.29, 1.82) is 0 Å². The van der Waals surface area contributed by atoms with Gasteiger partial charge in [-0.3, -0.25) is 0 Å². The largest absolute Gasteiger partial charge is 0.490 e. The molecule has 2 aliphatic rings. The summed E-state index contributed by atoms with van der Waals surface area (Å²) in [5.41, 5.74) is 7.42. The lowest BCUT2D eigenvalue weighted by Gasteiger charge is -2.29. The molecular weight excluding hydrogens is 322 g/mol. The molecule has 0 aromatic heterocycles. The van der Waals surface area contributed by atoms with Gasteiger partial charge in [-0.05, 0) is 37.0 Å². The number of hydrogen-bond acceptors (Lipinski definition) is 4. The van der Waals surface area contributed by atoms with E-state index in [0.717, 1.165) is 47.4 Å². The van der Waals surface area contributed by atoms with Crippen LogP contribution in [0.4, 0.5) is 0 Å². The maximum absolute atomic E-state index is 6.39. The molecular formula is C15H20BrNO3. The molecule has 0 bridgehead atoms. The predicted octanol–water partition coefficient (Wildman–Crippen LogP) is 3.18. The van der Waals surface area contributed by atoms with E-state index in [1.54, 1.807) is 0 Å². The Labute approximate surface area is 127 Å². The van der Waals surface area contributed by atoms with Crippen LogP contribution in [0.1, 0.15) is 37.3 Å². The summed E-state index contributed by atoms with van der Waals surface area (Å²) in [6.07, 6.45) is 4.32. The third-order valence-electron chi connectivity index (χ3n) is 3.84. The first-order valence-corrected chi connectivity index (χ1v) is 8.01. The average Bonchev–Trinajstić information content (AvgIpc) is 2.71. The highest BCUT2D eigenvalue weighted by atomic mass is 79.9. The van der Waals surface area contributed by atoms with Gasteiger partial charge in [-0.15, -0.1) is 0 Å². The Morgan fingerprint density at radius 3 is 2.50 bits per heavy atom. The molecule has 1 aromatic rings. The van der Waals surface area contributed by atoms with E-state index < -0.39 is 0 Å². The monoisotopic (exact) mass is 341 g/mol. The summed E-state index contributed by atoms with van der Waals surface area (Å²) in [6, 6.07) is 3.81. The van der Waals surface area contributed by atoms with Crippen LogP contribution in [0.3, 0.4) is 0 Å². The first kappa shape index (κ1) is 14.2. The zero-order valence-electron chi connectivity index (χ0n) is 11.4. The van der Waals surface area contributed by atoms with Gasteiger partial charge in [0.25, 0.3) is 0 Å². The molecule has 110 valence electrons. The maximum Gasteiger partial charge on any atom is 0.162 e. The highest BCUT2D eigenvalue weighted by Gasteiger charge is 2.26. The molecule has 20 heavy (non-hydrogen) atoms. The van der Waals surface area contributed by atoms with Crippen LogP contribution in [0.2, 0.25) is 0 Å². The van der Waals surface area contributed by atoms with Crippen LogP contribution in [0.25, 0.3) is 0 Å². The van der Waals surface area contributed by atoms with Gasteiger partial charge in [0.1, 0.15) is 0 Å². The maximum atomic E-state index is 6.39. The van der Waals surface area contributed by atoms with E-state index in [4.69, 9.17) is 19.9 Å². The summed E-state index contributed by atoms with van der Waals surface area (Å²) in [4.78, 5) is 0. The second-order valence-corrected chi connectivity index (χ2v) is 6.16. The van der Waals surface area contributed by atoms with Crippen molar-refractivity contribution in [3.05, 3.63) is 22.2 Å². The number of ether oxygens (including phenoxy) is 3. The van der Waals surface area contributed by atoms with Gasteiger partial charge >= 0.3 is 0 Å². The Balaban J connectivity index is 1.86. The second kappa shape index (κ2) is 6.33. The number of benzene rings is 1. The van der Waals surface area contributed by atoms with Crippen molar-refractivity contribution in [2.75, 3.05) is 19.8 Å². The molecule has 0 saturated carbocycles. The molecule has 2 unspecified atom stereocenters. The van der Waals surface area contributed by atoms with E-state index in [2.05, 4.69) is 15.9 Å². The average molecular weight is 342 g/mol. The molecule has 0 spiro atoms. The Kier molecular flexibility index (Phi) is 4.48. The zero-order valence-corrected chi connectivity index (χ0v) is 13.0. The first-order chi connectivity index (χ1) is 9.75. The van der Waals surface area contributed by atoms with E-state index in [1.165, 1.54) is 6.42 Å². The highest BCUT2D eigenvalue weighted by Crippen LogP contribution is 2.39. The van der Waals surface area contributed by atoms with Crippen LogP contribution >= 0.6 is 15.9 Å². The minimum atomic E-state index is -0.137. The van der Waals surface area contributed by atoms with Gasteiger partial charge in [0.05, 0.1) is 25.4 Å². The van der Waals surface area contributed by atoms with Crippen molar-refractivity contribution in [3.8, 4) is 11.5 Å². The fourth-order valence-corrected chi connectivity index (χ4v) is 3.29. The standard InChI is InChI=1S/C15H20BrNO3/c16-11-9-14-13(19-6-3-7-20-14)8-10(11)15(17)12-4-1-2-5-18-12/h8-9,12,15H,1-7,17H2. The Bertz CT molecular complexity index is 474. The Morgan fingerprint density at radius 2 is 1.80 bits per heavy atom. The van der Waals surface area contributed by atoms with Gasteiger partial charge in [-0.1, -0.05) is 15.9 Å². The van der Waals surface area contributed by atoms with Crippen LogP contribution in [-0.2, 0) is 4.74 Å². The number of rotatable bonds is 2. The van der Waals surface area contributed by atoms with Gasteiger partial charge < -0.3 is 19.9 Å². The van der Waals surface area contributed by atoms with E-state index in [-0.39, 0.29) is 12.1 Å². The molecule has 1 fully saturated rings. The minimum Gasteiger partial charge on any atom is -0.490 e. The quantitative estimate of drug-likeness (QED) is 0.897. The molecule has 1 saturated heterocycles. The molecule has 0 aliphatic carbocycles. The normalized spacial score (nSPS) is 24.0. The van der Waals surface area contributed by atoms with Crippen molar-refractivity contribution in [2.45, 2.75) is 37.8 Å². The van der Waals surface area contributed by atoms with Gasteiger partial charge in [-0.2, -0.15) is 0 Å². The van der Waals surface area contributed by atoms with Gasteiger partial charge in [0.2, 0.25) is 0 Å². The summed E-state index contributed by atoms with van der Waals surface area (Å²) in [5, 5.41) is 0. The molecule has 3 rings (SSSR count). The minimum absolute atomic E-state index is 0.0878. The summed E-state index contributed by atoms with van der Waals surface area (Å²) >= 11 is 3.60. The van der Waals surface area contributed by atoms with Crippen LogP contribution in [-0.4, -0.2) is 25.9 Å². The third-order valence-corrected chi connectivity index (χ3v) is 4.53. The van der Waals surface area contributed by atoms with Crippen molar-refractivity contribution >= 4 is 15.9 Å². The number of halogens is 1. The number of nitrogens with two attached hydrogens (primary N) is 1. The van der Waals surface area contributed by atoms with Crippen LogP contribution in [0, 0.1) is 0 Å². The second-order valence-electron chi connectivity index (χ2n) is 5.30. The first-order valence-electron chi connectivity index (χ1n) is 7.22. The topological polar surface area (TPSA) is 53.7 Å². The molecule has 0 radical (unpaired) electrons. The van der Waals surface area contributed by atoms with Crippen LogP contribution in [0.15, 0.2) is 16.6 Å². The van der Waals surface area contributed by atoms with Gasteiger partial charge in [0.15, 0.2) is 11.5 Å². The van der Waals surface area contributed by atoms with Crippen LogP contribution in [0.5, 0.6) is 11.5 Å². The van der Waals surface area contributed by atoms with Crippen molar-refractivity contribution < 1.29 is 14.2 Å². The third kappa shape index (κ3) is 2.95. The van der Waals surface area contributed by atoms with Crippen molar-refractivity contribution in [3.63, 3.8) is 0 Å². The fraction of sp³-hybridized carbons (Fsp3) is 0.600. The van der Waals surface area contributed by atoms with E-state index >= 15 is 0 Å². The molecule has 1 aromatic carbocycles. The molecule has 2 heterocycles. The van der Waals surface area contributed by atoms with Gasteiger partial charge in [-0.25, -0.2) is 0 Å². The fourth-order valence-electron chi connectivity index (χ4n) is 2.70. The lowest BCUT2D eigenvalue weighted by atomic mass is 9.96. The van der Waals surface area contributed by atoms with Crippen molar-refractivity contribution in [1.82, 2.24) is 0 Å². The zero-order chi connectivity index (χ0) is 13.9. The molecule has 2 atom stereocenters. The van der Waals surface area contributed by atoms with Gasteiger partial charge in [0, 0.05) is 17.5 Å². The van der Waals surface area contributed by atoms with E-state index in [1.807, 2.05) is 12.1 Å². The molecule has 4 nitrogen and oxygen atoms in total. The predicted molar refractivity (Wildman–Crippen MR) is 80.3 cm³/mol. The lowest BCUT2D eigenvalue weighted by Crippen LogP contribution is -2.32. The lowest BCUT2D eigenvalue weighted by molar-refractivity contribution is -0.000156. The Morgan fingerprint density at radius 1 is 1.05 bits per heavy atom. The number of hydrogen-bond donors (Lipinski definition) is 1. The highest BCUT2D eigenvalue weighted by molar-refractivity contribution is 9.10. The summed E-state index contributed by atoms with van der Waals surface area (Å²) in [5.74, 6) is 1.57. The summed E-state index contributed by atoms with van der Waals surface area (Å²) < 4.78 is 18.2. The smallest absolute Gasteiger partial charge is 0.162 e. The Hall–Kier alpha value is -0.780. The van der Waals surface area contributed by atoms with E-state index in [9.17, 15) is 0 Å². The molecule has 2 N–H and O–H groups in total. The van der Waals surface area contributed by atoms with Crippen LogP contribution < -0.4 is 15.2 Å².